The van der Waals surface area contributed by atoms with Crippen LogP contribution in [0.1, 0.15) is 58.3 Å². The van der Waals surface area contributed by atoms with Gasteiger partial charge in [0.15, 0.2) is 0 Å². The molecule has 1 atom stereocenters. The number of hydrogen-bond acceptors (Lipinski definition) is 3. The Bertz CT molecular complexity index is 283. The lowest BCUT2D eigenvalue weighted by Crippen LogP contribution is -2.45. The third-order valence-electron chi connectivity index (χ3n) is 4.56. The van der Waals surface area contributed by atoms with Gasteiger partial charge in [0.25, 0.3) is 0 Å². The molecule has 0 bridgehead atoms. The normalized spacial score (nSPS) is 23.6. The quantitative estimate of drug-likeness (QED) is 0.714. The summed E-state index contributed by atoms with van der Waals surface area (Å²) >= 11 is 0. The summed E-state index contributed by atoms with van der Waals surface area (Å²) in [4.78, 5) is 14.5. The molecule has 2 aliphatic rings. The summed E-state index contributed by atoms with van der Waals surface area (Å²) in [5, 5.41) is 6.75. The third-order valence-corrected chi connectivity index (χ3v) is 4.56. The number of unbranched alkanes of at least 4 members (excludes halogenated alkanes) is 1. The predicted octanol–water partition coefficient (Wildman–Crippen LogP) is 1.90. The van der Waals surface area contributed by atoms with Crippen molar-refractivity contribution in [1.82, 2.24) is 15.5 Å². The van der Waals surface area contributed by atoms with E-state index in [1.165, 1.54) is 51.4 Å². The van der Waals surface area contributed by atoms with E-state index in [0.717, 1.165) is 19.6 Å². The fourth-order valence-corrected chi connectivity index (χ4v) is 3.39. The maximum Gasteiger partial charge on any atom is 0.234 e. The Morgan fingerprint density at radius 1 is 1.25 bits per heavy atom. The highest BCUT2D eigenvalue weighted by Crippen LogP contribution is 2.17. The third kappa shape index (κ3) is 5.41. The Morgan fingerprint density at radius 2 is 2.05 bits per heavy atom. The Hall–Kier alpha value is -0.610. The lowest BCUT2D eigenvalue weighted by atomic mass is 10.2. The van der Waals surface area contributed by atoms with Crippen LogP contribution in [0.4, 0.5) is 0 Å². The van der Waals surface area contributed by atoms with E-state index >= 15 is 0 Å². The second kappa shape index (κ2) is 8.63. The van der Waals surface area contributed by atoms with E-state index in [1.54, 1.807) is 0 Å². The molecule has 2 fully saturated rings. The number of amides is 1. The van der Waals surface area contributed by atoms with Gasteiger partial charge in [-0.3, -0.25) is 9.69 Å². The molecular formula is C16H31N3O. The molecule has 20 heavy (non-hydrogen) atoms. The highest BCUT2D eigenvalue weighted by Gasteiger charge is 2.21. The minimum atomic E-state index is 0.228. The first kappa shape index (κ1) is 15.8. The van der Waals surface area contributed by atoms with Crippen molar-refractivity contribution in [3.05, 3.63) is 0 Å². The van der Waals surface area contributed by atoms with E-state index in [1.807, 2.05) is 0 Å². The summed E-state index contributed by atoms with van der Waals surface area (Å²) in [5.74, 6) is 0.228. The zero-order chi connectivity index (χ0) is 14.2. The molecule has 4 heteroatoms. The van der Waals surface area contributed by atoms with Crippen molar-refractivity contribution in [3.63, 3.8) is 0 Å². The Balaban J connectivity index is 1.73. The zero-order valence-electron chi connectivity index (χ0n) is 13.0. The summed E-state index contributed by atoms with van der Waals surface area (Å²) in [6, 6.07) is 1.03. The van der Waals surface area contributed by atoms with Gasteiger partial charge in [-0.2, -0.15) is 0 Å². The second-order valence-electron chi connectivity index (χ2n) is 6.43. The molecule has 4 nitrogen and oxygen atoms in total. The molecule has 0 aromatic rings. The molecule has 1 saturated heterocycles. The molecule has 116 valence electrons. The highest BCUT2D eigenvalue weighted by atomic mass is 16.2. The molecule has 2 rings (SSSR count). The van der Waals surface area contributed by atoms with Crippen LogP contribution in [0.2, 0.25) is 0 Å². The largest absolute Gasteiger partial charge is 0.352 e. The maximum atomic E-state index is 12.2. The number of rotatable bonds is 8. The smallest absolute Gasteiger partial charge is 0.234 e. The first-order valence-electron chi connectivity index (χ1n) is 8.53. The SMILES string of the molecule is CCCCN(CC(=O)NC1CCCC1)CC1CCCN1. The minimum Gasteiger partial charge on any atom is -0.352 e. The lowest BCUT2D eigenvalue weighted by Gasteiger charge is -2.25. The van der Waals surface area contributed by atoms with Gasteiger partial charge in [0.1, 0.15) is 0 Å². The Kier molecular flexibility index (Phi) is 6.80. The van der Waals surface area contributed by atoms with E-state index in [4.69, 9.17) is 0 Å². The molecule has 0 spiro atoms. The van der Waals surface area contributed by atoms with Crippen molar-refractivity contribution < 1.29 is 4.79 Å². The van der Waals surface area contributed by atoms with E-state index in [9.17, 15) is 4.79 Å². The van der Waals surface area contributed by atoms with E-state index in [0.29, 0.717) is 18.6 Å². The molecule has 1 aliphatic carbocycles. The minimum absolute atomic E-state index is 0.228. The topological polar surface area (TPSA) is 44.4 Å². The second-order valence-corrected chi connectivity index (χ2v) is 6.43. The number of carbonyl (C=O) groups excluding carboxylic acids is 1. The van der Waals surface area contributed by atoms with Gasteiger partial charge in [0.2, 0.25) is 5.91 Å². The van der Waals surface area contributed by atoms with E-state index in [2.05, 4.69) is 22.5 Å². The molecule has 1 unspecified atom stereocenters. The maximum absolute atomic E-state index is 12.2. The van der Waals surface area contributed by atoms with Gasteiger partial charge in [0.05, 0.1) is 6.54 Å². The number of nitrogens with one attached hydrogen (secondary N) is 2. The average Bonchev–Trinajstić information content (AvgIpc) is 3.09. The van der Waals surface area contributed by atoms with Gasteiger partial charge in [-0.15, -0.1) is 0 Å². The van der Waals surface area contributed by atoms with Gasteiger partial charge in [-0.25, -0.2) is 0 Å². The van der Waals surface area contributed by atoms with Crippen LogP contribution in [-0.4, -0.2) is 49.1 Å². The summed E-state index contributed by atoms with van der Waals surface area (Å²) in [7, 11) is 0. The molecule has 2 N–H and O–H groups in total. The van der Waals surface area contributed by atoms with Gasteiger partial charge >= 0.3 is 0 Å². The van der Waals surface area contributed by atoms with Crippen LogP contribution >= 0.6 is 0 Å². The Labute approximate surface area is 123 Å². The van der Waals surface area contributed by atoms with Gasteiger partial charge in [-0.05, 0) is 45.2 Å². The summed E-state index contributed by atoms with van der Waals surface area (Å²) in [5.41, 5.74) is 0. The number of nitrogens with zero attached hydrogens (tertiary/aromatic N) is 1. The van der Waals surface area contributed by atoms with Crippen molar-refractivity contribution in [1.29, 1.82) is 0 Å². The molecule has 1 saturated carbocycles. The molecule has 0 aromatic heterocycles. The van der Waals surface area contributed by atoms with Crippen LogP contribution in [0.25, 0.3) is 0 Å². The molecule has 1 aliphatic heterocycles. The first-order valence-corrected chi connectivity index (χ1v) is 8.53. The first-order chi connectivity index (χ1) is 9.78. The monoisotopic (exact) mass is 281 g/mol. The van der Waals surface area contributed by atoms with Crippen molar-refractivity contribution in [3.8, 4) is 0 Å². The summed E-state index contributed by atoms with van der Waals surface area (Å²) in [6.07, 6.45) is 9.80. The van der Waals surface area contributed by atoms with Crippen molar-refractivity contribution >= 4 is 5.91 Å². The van der Waals surface area contributed by atoms with E-state index in [-0.39, 0.29) is 5.91 Å². The van der Waals surface area contributed by atoms with Crippen molar-refractivity contribution in [2.24, 2.45) is 0 Å². The van der Waals surface area contributed by atoms with Crippen LogP contribution in [-0.2, 0) is 4.79 Å². The standard InChI is InChI=1S/C16H31N3O/c1-2-3-11-19(12-15-9-6-10-17-15)13-16(20)18-14-7-4-5-8-14/h14-15,17H,2-13H2,1H3,(H,18,20). The van der Waals surface area contributed by atoms with Crippen LogP contribution in [0.15, 0.2) is 0 Å². The summed E-state index contributed by atoms with van der Waals surface area (Å²) < 4.78 is 0. The van der Waals surface area contributed by atoms with Gasteiger partial charge in [-0.1, -0.05) is 26.2 Å². The lowest BCUT2D eigenvalue weighted by molar-refractivity contribution is -0.123. The van der Waals surface area contributed by atoms with Crippen LogP contribution < -0.4 is 10.6 Å². The zero-order valence-corrected chi connectivity index (χ0v) is 13.0. The van der Waals surface area contributed by atoms with Gasteiger partial charge < -0.3 is 10.6 Å². The molecule has 1 amide bonds. The Morgan fingerprint density at radius 3 is 2.70 bits per heavy atom. The molecule has 1 heterocycles. The summed E-state index contributed by atoms with van der Waals surface area (Å²) in [6.45, 7) is 6.00. The molecule has 0 radical (unpaired) electrons. The van der Waals surface area contributed by atoms with Crippen LogP contribution in [0.3, 0.4) is 0 Å². The molecule has 0 aromatic carbocycles. The average molecular weight is 281 g/mol. The fourth-order valence-electron chi connectivity index (χ4n) is 3.39. The fraction of sp³-hybridized carbons (Fsp3) is 0.938. The number of hydrogen-bond donors (Lipinski definition) is 2. The van der Waals surface area contributed by atoms with E-state index < -0.39 is 0 Å². The molecular weight excluding hydrogens is 250 g/mol. The van der Waals surface area contributed by atoms with Crippen molar-refractivity contribution in [2.45, 2.75) is 70.4 Å². The predicted molar refractivity (Wildman–Crippen MR) is 82.8 cm³/mol. The van der Waals surface area contributed by atoms with Crippen molar-refractivity contribution in [2.75, 3.05) is 26.2 Å². The van der Waals surface area contributed by atoms with Crippen LogP contribution in [0, 0.1) is 0 Å². The van der Waals surface area contributed by atoms with Crippen LogP contribution in [0.5, 0.6) is 0 Å². The number of carbonyl (C=O) groups is 1. The van der Waals surface area contributed by atoms with Gasteiger partial charge in [0, 0.05) is 18.6 Å². The highest BCUT2D eigenvalue weighted by molar-refractivity contribution is 5.78.